The fourth-order valence-corrected chi connectivity index (χ4v) is 5.58. The van der Waals surface area contributed by atoms with Crippen LogP contribution in [0.4, 0.5) is 10.8 Å². The van der Waals surface area contributed by atoms with Gasteiger partial charge in [0.15, 0.2) is 10.4 Å². The largest absolute Gasteiger partial charge is 0.476 e. The van der Waals surface area contributed by atoms with Crippen molar-refractivity contribution in [3.63, 3.8) is 0 Å². The summed E-state index contributed by atoms with van der Waals surface area (Å²) in [5.41, 5.74) is 1.35. The van der Waals surface area contributed by atoms with Crippen LogP contribution in [0.15, 0.2) is 57.8 Å². The zero-order valence-electron chi connectivity index (χ0n) is 16.1. The van der Waals surface area contributed by atoms with Gasteiger partial charge in [-0.1, -0.05) is 52.9 Å². The lowest BCUT2D eigenvalue weighted by molar-refractivity contribution is -0.122. The van der Waals surface area contributed by atoms with E-state index in [1.165, 1.54) is 27.4 Å². The molecule has 1 amide bonds. The fraction of sp³-hybridized carbons (Fsp3) is 0.211. The summed E-state index contributed by atoms with van der Waals surface area (Å²) in [4.78, 5) is 13.0. The third kappa shape index (κ3) is 4.00. The maximum Gasteiger partial charge on any atom is 0.269 e. The van der Waals surface area contributed by atoms with Gasteiger partial charge in [-0.25, -0.2) is 8.42 Å². The number of aryl methyl sites for hydroxylation is 1. The predicted octanol–water partition coefficient (Wildman–Crippen LogP) is 3.16. The lowest BCUT2D eigenvalue weighted by Crippen LogP contribution is -2.48. The number of nitrogens with zero attached hydrogens (tertiary/aromatic N) is 3. The smallest absolute Gasteiger partial charge is 0.269 e. The van der Waals surface area contributed by atoms with E-state index in [0.29, 0.717) is 20.9 Å². The normalized spacial score (nSPS) is 15.9. The Kier molecular flexibility index (Phi) is 5.67. The molecule has 0 bridgehead atoms. The Bertz CT molecular complexity index is 1180. The summed E-state index contributed by atoms with van der Waals surface area (Å²) in [6, 6.07) is 13.3. The Balaban J connectivity index is 1.65. The Morgan fingerprint density at radius 3 is 2.63 bits per heavy atom. The van der Waals surface area contributed by atoms with E-state index in [4.69, 9.17) is 4.74 Å². The Hall–Kier alpha value is -2.63. The number of para-hydroxylation sites is 2. The molecule has 0 spiro atoms. The third-order valence-corrected chi connectivity index (χ3v) is 8.06. The minimum atomic E-state index is -3.89. The van der Waals surface area contributed by atoms with Crippen molar-refractivity contribution in [3.8, 4) is 5.75 Å². The van der Waals surface area contributed by atoms with Crippen LogP contribution in [0.2, 0.25) is 0 Å². The average Bonchev–Trinajstić information content (AvgIpc) is 3.20. The van der Waals surface area contributed by atoms with E-state index in [2.05, 4.69) is 15.5 Å². The molecule has 1 aliphatic rings. The van der Waals surface area contributed by atoms with Crippen molar-refractivity contribution in [1.29, 1.82) is 0 Å². The second-order valence-corrected chi connectivity index (χ2v) is 10.4. The van der Waals surface area contributed by atoms with Crippen LogP contribution in [-0.2, 0) is 14.8 Å². The van der Waals surface area contributed by atoms with Gasteiger partial charge in [-0.2, -0.15) is 0 Å². The number of carbonyl (C=O) groups excluding carboxylic acids is 1. The highest BCUT2D eigenvalue weighted by molar-refractivity contribution is 8.00. The zero-order chi connectivity index (χ0) is 21.3. The molecule has 3 aromatic rings. The monoisotopic (exact) mass is 462 g/mol. The first-order chi connectivity index (χ1) is 14.4. The molecule has 0 aliphatic carbocycles. The molecule has 0 radical (unpaired) electrons. The summed E-state index contributed by atoms with van der Waals surface area (Å²) >= 11 is 2.66. The molecular weight excluding hydrogens is 444 g/mol. The molecule has 0 unspecified atom stereocenters. The van der Waals surface area contributed by atoms with Gasteiger partial charge < -0.3 is 4.74 Å². The molecule has 1 N–H and O–H groups in total. The number of carbonyl (C=O) groups is 1. The Morgan fingerprint density at radius 1 is 1.20 bits per heavy atom. The summed E-state index contributed by atoms with van der Waals surface area (Å²) < 4.78 is 34.4. The van der Waals surface area contributed by atoms with Crippen molar-refractivity contribution in [2.24, 2.45) is 0 Å². The summed E-state index contributed by atoms with van der Waals surface area (Å²) in [5.74, 6) is -0.168. The molecule has 0 saturated carbocycles. The molecule has 0 fully saturated rings. The number of amides is 1. The number of sulfonamides is 1. The van der Waals surface area contributed by atoms with Crippen molar-refractivity contribution < 1.29 is 17.9 Å². The van der Waals surface area contributed by atoms with Crippen LogP contribution >= 0.6 is 23.1 Å². The number of benzene rings is 2. The van der Waals surface area contributed by atoms with E-state index in [9.17, 15) is 13.2 Å². The summed E-state index contributed by atoms with van der Waals surface area (Å²) in [7, 11) is -3.89. The number of hydrogen-bond donors (Lipinski definition) is 1. The van der Waals surface area contributed by atoms with Crippen LogP contribution in [0.3, 0.4) is 0 Å². The molecule has 1 atom stereocenters. The standard InChI is InChI=1S/C19H18N4O4S3/c1-12-7-9-13(10-8-12)30(25,26)23-11-16(27-15-6-4-3-5-14(15)23)17(24)20-18-21-22-19(28-2)29-18/h3-10,16H,11H2,1-2H3,(H,20,21,24)/t16-/m1/s1. The molecule has 156 valence electrons. The van der Waals surface area contributed by atoms with Crippen LogP contribution in [0.1, 0.15) is 5.56 Å². The topological polar surface area (TPSA) is 101 Å². The molecule has 1 aromatic heterocycles. The number of hydrogen-bond acceptors (Lipinski definition) is 8. The van der Waals surface area contributed by atoms with Crippen molar-refractivity contribution in [2.45, 2.75) is 22.3 Å². The molecular formula is C19H18N4O4S3. The number of aromatic nitrogens is 2. The lowest BCUT2D eigenvalue weighted by Gasteiger charge is -2.34. The highest BCUT2D eigenvalue weighted by atomic mass is 32.2. The van der Waals surface area contributed by atoms with E-state index in [1.807, 2.05) is 13.2 Å². The number of fused-ring (bicyclic) bond motifs is 1. The van der Waals surface area contributed by atoms with E-state index in [0.717, 1.165) is 5.56 Å². The molecule has 11 heteroatoms. The zero-order valence-corrected chi connectivity index (χ0v) is 18.6. The third-order valence-electron chi connectivity index (χ3n) is 4.45. The highest BCUT2D eigenvalue weighted by Crippen LogP contribution is 2.37. The van der Waals surface area contributed by atoms with Crippen LogP contribution < -0.4 is 14.4 Å². The van der Waals surface area contributed by atoms with Gasteiger partial charge in [0.25, 0.3) is 15.9 Å². The molecule has 30 heavy (non-hydrogen) atoms. The van der Waals surface area contributed by atoms with Crippen molar-refractivity contribution in [2.75, 3.05) is 22.4 Å². The maximum atomic E-state index is 13.3. The SMILES string of the molecule is CSc1nnc(NC(=O)[C@H]2CN(S(=O)(=O)c3ccc(C)cc3)c3ccccc3O2)s1. The fourth-order valence-electron chi connectivity index (χ4n) is 2.93. The molecule has 4 rings (SSSR count). The Morgan fingerprint density at radius 2 is 1.93 bits per heavy atom. The van der Waals surface area contributed by atoms with Crippen LogP contribution in [0, 0.1) is 6.92 Å². The van der Waals surface area contributed by atoms with Crippen LogP contribution in [-0.4, -0.2) is 43.4 Å². The van der Waals surface area contributed by atoms with Gasteiger partial charge in [0.1, 0.15) is 5.75 Å². The van der Waals surface area contributed by atoms with E-state index in [-0.39, 0.29) is 11.4 Å². The van der Waals surface area contributed by atoms with Gasteiger partial charge in [-0.3, -0.25) is 14.4 Å². The number of rotatable bonds is 5. The Labute approximate surface area is 182 Å². The quantitative estimate of drug-likeness (QED) is 0.459. The van der Waals surface area contributed by atoms with Gasteiger partial charge >= 0.3 is 0 Å². The van der Waals surface area contributed by atoms with Gasteiger partial charge in [0, 0.05) is 0 Å². The summed E-state index contributed by atoms with van der Waals surface area (Å²) in [6.45, 7) is 1.73. The molecule has 1 aliphatic heterocycles. The lowest BCUT2D eigenvalue weighted by atomic mass is 10.2. The van der Waals surface area contributed by atoms with Gasteiger partial charge in [0.2, 0.25) is 5.13 Å². The minimum Gasteiger partial charge on any atom is -0.476 e. The van der Waals surface area contributed by atoms with Crippen molar-refractivity contribution in [3.05, 3.63) is 54.1 Å². The van der Waals surface area contributed by atoms with Gasteiger partial charge in [0.05, 0.1) is 17.1 Å². The number of ether oxygens (including phenoxy) is 1. The van der Waals surface area contributed by atoms with Crippen molar-refractivity contribution >= 4 is 49.8 Å². The molecule has 8 nitrogen and oxygen atoms in total. The second kappa shape index (κ2) is 8.25. The maximum absolute atomic E-state index is 13.3. The first-order valence-corrected chi connectivity index (χ1v) is 12.4. The van der Waals surface area contributed by atoms with Crippen LogP contribution in [0.25, 0.3) is 0 Å². The highest BCUT2D eigenvalue weighted by Gasteiger charge is 2.37. The van der Waals surface area contributed by atoms with Crippen molar-refractivity contribution in [1.82, 2.24) is 10.2 Å². The van der Waals surface area contributed by atoms with Crippen LogP contribution in [0.5, 0.6) is 5.75 Å². The molecule has 2 aromatic carbocycles. The summed E-state index contributed by atoms with van der Waals surface area (Å²) in [5, 5.41) is 10.9. The number of nitrogens with one attached hydrogen (secondary N) is 1. The van der Waals surface area contributed by atoms with Gasteiger partial charge in [-0.05, 0) is 37.4 Å². The summed E-state index contributed by atoms with van der Waals surface area (Å²) in [6.07, 6.45) is 0.822. The first-order valence-electron chi connectivity index (χ1n) is 8.92. The van der Waals surface area contributed by atoms with Gasteiger partial charge in [-0.15, -0.1) is 10.2 Å². The van der Waals surface area contributed by atoms with E-state index < -0.39 is 22.0 Å². The molecule has 0 saturated heterocycles. The molecule has 2 heterocycles. The average molecular weight is 463 g/mol. The van der Waals surface area contributed by atoms with E-state index in [1.54, 1.807) is 48.5 Å². The number of thioether (sulfide) groups is 1. The van der Waals surface area contributed by atoms with E-state index >= 15 is 0 Å². The predicted molar refractivity (Wildman–Crippen MR) is 117 cm³/mol. The first kappa shape index (κ1) is 20.6. The number of anilines is 2. The second-order valence-electron chi connectivity index (χ2n) is 6.49. The minimum absolute atomic E-state index is 0.151.